The maximum Gasteiger partial charge on any atom is 0.265 e. The molecule has 1 unspecified atom stereocenters. The van der Waals surface area contributed by atoms with Crippen LogP contribution in [-0.4, -0.2) is 24.5 Å². The van der Waals surface area contributed by atoms with Crippen LogP contribution in [0.25, 0.3) is 0 Å². The summed E-state index contributed by atoms with van der Waals surface area (Å²) in [4.78, 5) is 26.4. The van der Waals surface area contributed by atoms with Gasteiger partial charge in [0.1, 0.15) is 11.8 Å². The highest BCUT2D eigenvalue weighted by Crippen LogP contribution is 2.34. The molecule has 3 rings (SSSR count). The van der Waals surface area contributed by atoms with Gasteiger partial charge in [-0.1, -0.05) is 29.3 Å². The van der Waals surface area contributed by atoms with E-state index in [2.05, 4.69) is 5.32 Å². The number of halogens is 2. The Morgan fingerprint density at radius 3 is 2.56 bits per heavy atom. The van der Waals surface area contributed by atoms with Crippen LogP contribution >= 0.6 is 23.2 Å². The Morgan fingerprint density at radius 2 is 1.88 bits per heavy atom. The van der Waals surface area contributed by atoms with Crippen LogP contribution in [0.1, 0.15) is 12.5 Å². The van der Waals surface area contributed by atoms with E-state index in [0.717, 1.165) is 5.56 Å². The predicted molar refractivity (Wildman–Crippen MR) is 98.7 cm³/mol. The lowest BCUT2D eigenvalue weighted by atomic mass is 10.1. The SMILES string of the molecule is Cc1ccc2c(c1)N(C(C)C(=O)Nc1cc(Cl)cc(Cl)c1)C(=O)CO2. The zero-order valence-electron chi connectivity index (χ0n) is 13.7. The molecule has 1 atom stereocenters. The van der Waals surface area contributed by atoms with Crippen molar-refractivity contribution in [2.45, 2.75) is 19.9 Å². The van der Waals surface area contributed by atoms with Gasteiger partial charge in [0.2, 0.25) is 5.91 Å². The zero-order valence-corrected chi connectivity index (χ0v) is 15.2. The number of hydrogen-bond acceptors (Lipinski definition) is 3. The summed E-state index contributed by atoms with van der Waals surface area (Å²) in [5, 5.41) is 3.58. The van der Waals surface area contributed by atoms with Gasteiger partial charge >= 0.3 is 0 Å². The van der Waals surface area contributed by atoms with Gasteiger partial charge < -0.3 is 10.1 Å². The Labute approximate surface area is 155 Å². The third-order valence-electron chi connectivity index (χ3n) is 3.89. The van der Waals surface area contributed by atoms with Crippen LogP contribution in [0.4, 0.5) is 11.4 Å². The molecule has 0 spiro atoms. The normalized spacial score (nSPS) is 14.6. The molecule has 7 heteroatoms. The van der Waals surface area contributed by atoms with E-state index in [4.69, 9.17) is 27.9 Å². The molecule has 1 aliphatic heterocycles. The number of benzene rings is 2. The van der Waals surface area contributed by atoms with Crippen LogP contribution in [0.5, 0.6) is 5.75 Å². The van der Waals surface area contributed by atoms with Crippen molar-refractivity contribution in [1.29, 1.82) is 0 Å². The number of fused-ring (bicyclic) bond motifs is 1. The van der Waals surface area contributed by atoms with Gasteiger partial charge in [0.05, 0.1) is 5.69 Å². The van der Waals surface area contributed by atoms with Crippen molar-refractivity contribution in [3.05, 3.63) is 52.0 Å². The van der Waals surface area contributed by atoms with Crippen molar-refractivity contribution >= 4 is 46.4 Å². The molecule has 130 valence electrons. The number of rotatable bonds is 3. The van der Waals surface area contributed by atoms with Crippen molar-refractivity contribution in [3.8, 4) is 5.75 Å². The zero-order chi connectivity index (χ0) is 18.1. The minimum absolute atomic E-state index is 0.101. The molecule has 0 saturated carbocycles. The molecule has 1 heterocycles. The van der Waals surface area contributed by atoms with Crippen LogP contribution in [0, 0.1) is 6.92 Å². The first-order valence-corrected chi connectivity index (χ1v) is 8.43. The summed E-state index contributed by atoms with van der Waals surface area (Å²) in [6, 6.07) is 9.56. The van der Waals surface area contributed by atoms with Gasteiger partial charge in [-0.15, -0.1) is 0 Å². The summed E-state index contributed by atoms with van der Waals surface area (Å²) in [7, 11) is 0. The van der Waals surface area contributed by atoms with Crippen molar-refractivity contribution in [2.24, 2.45) is 0 Å². The maximum atomic E-state index is 12.6. The molecule has 1 N–H and O–H groups in total. The fourth-order valence-corrected chi connectivity index (χ4v) is 3.22. The highest BCUT2D eigenvalue weighted by atomic mass is 35.5. The van der Waals surface area contributed by atoms with Crippen molar-refractivity contribution in [2.75, 3.05) is 16.8 Å². The molecule has 2 aromatic rings. The fraction of sp³-hybridized carbons (Fsp3) is 0.222. The molecule has 0 aromatic heterocycles. The summed E-state index contributed by atoms with van der Waals surface area (Å²) in [5.41, 5.74) is 2.03. The number of carbonyl (C=O) groups is 2. The van der Waals surface area contributed by atoms with Crippen LogP contribution in [-0.2, 0) is 9.59 Å². The molecule has 2 amide bonds. The average molecular weight is 379 g/mol. The summed E-state index contributed by atoms with van der Waals surface area (Å²) in [6.07, 6.45) is 0. The lowest BCUT2D eigenvalue weighted by molar-refractivity contribution is -0.125. The predicted octanol–water partition coefficient (Wildman–Crippen LogP) is 4.05. The largest absolute Gasteiger partial charge is 0.482 e. The molecule has 5 nitrogen and oxygen atoms in total. The van der Waals surface area contributed by atoms with E-state index >= 15 is 0 Å². The Morgan fingerprint density at radius 1 is 1.20 bits per heavy atom. The molecule has 0 radical (unpaired) electrons. The molecule has 25 heavy (non-hydrogen) atoms. The number of anilines is 2. The van der Waals surface area contributed by atoms with Gasteiger partial charge in [0.15, 0.2) is 6.61 Å². The summed E-state index contributed by atoms with van der Waals surface area (Å²) >= 11 is 11.9. The van der Waals surface area contributed by atoms with E-state index in [1.54, 1.807) is 31.2 Å². The van der Waals surface area contributed by atoms with E-state index in [9.17, 15) is 9.59 Å². The van der Waals surface area contributed by atoms with Crippen LogP contribution in [0.3, 0.4) is 0 Å². The molecule has 0 saturated heterocycles. The van der Waals surface area contributed by atoms with Crippen LogP contribution in [0.2, 0.25) is 10.0 Å². The quantitative estimate of drug-likeness (QED) is 0.875. The van der Waals surface area contributed by atoms with Gasteiger partial charge in [-0.05, 0) is 49.7 Å². The average Bonchev–Trinajstić information content (AvgIpc) is 2.53. The number of nitrogens with one attached hydrogen (secondary N) is 1. The smallest absolute Gasteiger partial charge is 0.265 e. The van der Waals surface area contributed by atoms with E-state index in [-0.39, 0.29) is 18.4 Å². The van der Waals surface area contributed by atoms with Crippen molar-refractivity contribution in [1.82, 2.24) is 0 Å². The first kappa shape index (κ1) is 17.6. The number of amides is 2. The maximum absolute atomic E-state index is 12.6. The molecule has 2 aromatic carbocycles. The summed E-state index contributed by atoms with van der Waals surface area (Å²) in [5.74, 6) is -0.0402. The van der Waals surface area contributed by atoms with Gasteiger partial charge in [-0.2, -0.15) is 0 Å². The summed E-state index contributed by atoms with van der Waals surface area (Å²) < 4.78 is 5.44. The highest BCUT2D eigenvalue weighted by molar-refractivity contribution is 6.35. The number of aryl methyl sites for hydroxylation is 1. The lowest BCUT2D eigenvalue weighted by Gasteiger charge is -2.33. The Hall–Kier alpha value is -2.24. The monoisotopic (exact) mass is 378 g/mol. The van der Waals surface area contributed by atoms with E-state index < -0.39 is 6.04 Å². The number of ether oxygens (including phenoxy) is 1. The van der Waals surface area contributed by atoms with Crippen LogP contribution < -0.4 is 15.0 Å². The van der Waals surface area contributed by atoms with E-state index in [1.807, 2.05) is 19.1 Å². The van der Waals surface area contributed by atoms with Gasteiger partial charge in [-0.3, -0.25) is 14.5 Å². The molecule has 0 fully saturated rings. The third kappa shape index (κ3) is 3.72. The molecular formula is C18H16Cl2N2O3. The second kappa shape index (κ2) is 6.94. The van der Waals surface area contributed by atoms with Crippen molar-refractivity contribution in [3.63, 3.8) is 0 Å². The molecule has 1 aliphatic rings. The van der Waals surface area contributed by atoms with Gasteiger partial charge in [0.25, 0.3) is 5.91 Å². The number of carbonyl (C=O) groups excluding carboxylic acids is 2. The Bertz CT molecular complexity index is 834. The first-order valence-electron chi connectivity index (χ1n) is 7.67. The van der Waals surface area contributed by atoms with Gasteiger partial charge in [0, 0.05) is 15.7 Å². The second-order valence-corrected chi connectivity index (χ2v) is 6.72. The summed E-state index contributed by atoms with van der Waals surface area (Å²) in [6.45, 7) is 3.48. The standard InChI is InChI=1S/C18H16Cl2N2O3/c1-10-3-4-16-15(5-10)22(17(23)9-25-16)11(2)18(24)21-14-7-12(19)6-13(20)8-14/h3-8,11H,9H2,1-2H3,(H,21,24). The molecule has 0 aliphatic carbocycles. The van der Waals surface area contributed by atoms with Crippen molar-refractivity contribution < 1.29 is 14.3 Å². The number of nitrogens with zero attached hydrogens (tertiary/aromatic N) is 1. The molecular weight excluding hydrogens is 363 g/mol. The van der Waals surface area contributed by atoms with E-state index in [1.165, 1.54) is 4.90 Å². The molecule has 0 bridgehead atoms. The minimum atomic E-state index is -0.727. The van der Waals surface area contributed by atoms with E-state index in [0.29, 0.717) is 27.2 Å². The second-order valence-electron chi connectivity index (χ2n) is 5.85. The minimum Gasteiger partial charge on any atom is -0.482 e. The first-order chi connectivity index (χ1) is 11.8. The Balaban J connectivity index is 1.87. The lowest BCUT2D eigenvalue weighted by Crippen LogP contribution is -2.49. The fourth-order valence-electron chi connectivity index (χ4n) is 2.70. The highest BCUT2D eigenvalue weighted by Gasteiger charge is 2.33. The topological polar surface area (TPSA) is 58.6 Å². The van der Waals surface area contributed by atoms with Gasteiger partial charge in [-0.25, -0.2) is 0 Å². The third-order valence-corrected chi connectivity index (χ3v) is 4.33. The Kier molecular flexibility index (Phi) is 4.88. The van der Waals surface area contributed by atoms with Crippen LogP contribution in [0.15, 0.2) is 36.4 Å². The number of hydrogen-bond donors (Lipinski definition) is 1.